The second-order valence-corrected chi connectivity index (χ2v) is 6.62. The van der Waals surface area contributed by atoms with Gasteiger partial charge in [0.15, 0.2) is 0 Å². The van der Waals surface area contributed by atoms with Gasteiger partial charge in [0.2, 0.25) is 0 Å². The monoisotopic (exact) mass is 222 g/mol. The quantitative estimate of drug-likeness (QED) is 0.704. The molecular weight excluding hydrogens is 196 g/mol. The van der Waals surface area contributed by atoms with E-state index < -0.39 is 0 Å². The summed E-state index contributed by atoms with van der Waals surface area (Å²) in [6.45, 7) is 9.29. The topological polar surface area (TPSA) is 6.48 Å². The minimum Gasteiger partial charge on any atom is -0.306 e. The highest BCUT2D eigenvalue weighted by Crippen LogP contribution is 2.45. The van der Waals surface area contributed by atoms with Crippen LogP contribution in [-0.2, 0) is 0 Å². The summed E-state index contributed by atoms with van der Waals surface area (Å²) in [6, 6.07) is 0. The van der Waals surface area contributed by atoms with Crippen LogP contribution in [0.2, 0.25) is 0 Å². The summed E-state index contributed by atoms with van der Waals surface area (Å²) in [5, 5.41) is 0. The second kappa shape index (κ2) is 4.30. The second-order valence-electron chi connectivity index (χ2n) is 6.62. The minimum absolute atomic E-state index is 0.975. The van der Waals surface area contributed by atoms with Crippen molar-refractivity contribution >= 4 is 0 Å². The molecule has 2 nitrogen and oxygen atoms in total. The lowest BCUT2D eigenvalue weighted by molar-refractivity contribution is -0.0518. The third-order valence-corrected chi connectivity index (χ3v) is 5.25. The smallest absolute Gasteiger partial charge is 0.00159 e. The van der Waals surface area contributed by atoms with Gasteiger partial charge in [-0.15, -0.1) is 0 Å². The highest BCUT2D eigenvalue weighted by atomic mass is 15.2. The predicted molar refractivity (Wildman–Crippen MR) is 67.4 cm³/mol. The normalized spacial score (nSPS) is 42.0. The molecule has 2 heterocycles. The molecule has 2 bridgehead atoms. The van der Waals surface area contributed by atoms with Crippen molar-refractivity contribution in [2.75, 3.05) is 39.8 Å². The summed E-state index contributed by atoms with van der Waals surface area (Å²) in [7, 11) is 2.29. The Morgan fingerprint density at radius 1 is 1.06 bits per heavy atom. The molecule has 3 rings (SSSR count). The van der Waals surface area contributed by atoms with E-state index in [4.69, 9.17) is 0 Å². The molecule has 1 saturated carbocycles. The molecule has 3 aliphatic rings. The fraction of sp³-hybridized carbons (Fsp3) is 1.00. The van der Waals surface area contributed by atoms with Crippen LogP contribution in [0.3, 0.4) is 0 Å². The van der Waals surface area contributed by atoms with Crippen molar-refractivity contribution in [2.24, 2.45) is 23.7 Å². The molecule has 2 heteroatoms. The van der Waals surface area contributed by atoms with Crippen molar-refractivity contribution in [1.29, 1.82) is 0 Å². The zero-order chi connectivity index (χ0) is 11.1. The standard InChI is InChI=1S/C14H26N2/c1-11-3-5-16(6-4-11)10-14-12-7-13(14)9-15(2)8-12/h11-14H,3-10H2,1-2H3/t12-,13+,14?. The van der Waals surface area contributed by atoms with Crippen molar-refractivity contribution in [3.8, 4) is 0 Å². The molecule has 2 aliphatic heterocycles. The van der Waals surface area contributed by atoms with Gasteiger partial charge in [0.25, 0.3) is 0 Å². The summed E-state index contributed by atoms with van der Waals surface area (Å²) in [6.07, 6.45) is 4.39. The molecule has 1 unspecified atom stereocenters. The van der Waals surface area contributed by atoms with Gasteiger partial charge in [-0.1, -0.05) is 6.92 Å². The highest BCUT2D eigenvalue weighted by molar-refractivity contribution is 4.97. The van der Waals surface area contributed by atoms with E-state index in [0.717, 1.165) is 23.7 Å². The van der Waals surface area contributed by atoms with Crippen LogP contribution in [0.25, 0.3) is 0 Å². The first-order valence-electron chi connectivity index (χ1n) is 7.13. The van der Waals surface area contributed by atoms with E-state index in [-0.39, 0.29) is 0 Å². The first-order chi connectivity index (χ1) is 7.72. The lowest BCUT2D eigenvalue weighted by Gasteiger charge is -2.54. The Bertz CT molecular complexity index is 233. The molecule has 0 spiro atoms. The van der Waals surface area contributed by atoms with E-state index >= 15 is 0 Å². The van der Waals surface area contributed by atoms with Crippen LogP contribution in [0.4, 0.5) is 0 Å². The molecule has 16 heavy (non-hydrogen) atoms. The summed E-state index contributed by atoms with van der Waals surface area (Å²) >= 11 is 0. The summed E-state index contributed by atoms with van der Waals surface area (Å²) < 4.78 is 0. The number of rotatable bonds is 2. The Kier molecular flexibility index (Phi) is 2.97. The molecule has 3 atom stereocenters. The Morgan fingerprint density at radius 2 is 1.69 bits per heavy atom. The molecule has 0 N–H and O–H groups in total. The lowest BCUT2D eigenvalue weighted by atomic mass is 9.61. The maximum atomic E-state index is 2.75. The van der Waals surface area contributed by atoms with E-state index in [1.165, 1.54) is 52.0 Å². The Balaban J connectivity index is 1.49. The van der Waals surface area contributed by atoms with Gasteiger partial charge in [0, 0.05) is 19.6 Å². The van der Waals surface area contributed by atoms with Crippen LogP contribution in [0, 0.1) is 23.7 Å². The fourth-order valence-electron chi connectivity index (χ4n) is 4.06. The molecule has 0 radical (unpaired) electrons. The summed E-state index contributed by atoms with van der Waals surface area (Å²) in [5.41, 5.74) is 0. The molecule has 0 amide bonds. The first-order valence-corrected chi connectivity index (χ1v) is 7.13. The number of likely N-dealkylation sites (tertiary alicyclic amines) is 2. The van der Waals surface area contributed by atoms with E-state index in [9.17, 15) is 0 Å². The van der Waals surface area contributed by atoms with Gasteiger partial charge in [-0.05, 0) is 63.1 Å². The SMILES string of the molecule is CC1CCN(CC2[C@@H]3C[C@H]2CN(C)C3)CC1. The van der Waals surface area contributed by atoms with E-state index in [1.54, 1.807) is 0 Å². The lowest BCUT2D eigenvalue weighted by Crippen LogP contribution is -2.57. The molecular formula is C14H26N2. The molecule has 3 fully saturated rings. The predicted octanol–water partition coefficient (Wildman–Crippen LogP) is 1.92. The number of nitrogens with zero attached hydrogens (tertiary/aromatic N) is 2. The molecule has 0 aromatic carbocycles. The van der Waals surface area contributed by atoms with Crippen molar-refractivity contribution in [1.82, 2.24) is 9.80 Å². The third-order valence-electron chi connectivity index (χ3n) is 5.25. The molecule has 2 saturated heterocycles. The van der Waals surface area contributed by atoms with Crippen LogP contribution < -0.4 is 0 Å². The van der Waals surface area contributed by atoms with E-state index in [2.05, 4.69) is 23.8 Å². The number of fused-ring (bicyclic) bond motifs is 2. The van der Waals surface area contributed by atoms with Crippen molar-refractivity contribution in [3.05, 3.63) is 0 Å². The summed E-state index contributed by atoms with van der Waals surface area (Å²) in [5.74, 6) is 4.08. The maximum absolute atomic E-state index is 2.75. The maximum Gasteiger partial charge on any atom is 0.00159 e. The van der Waals surface area contributed by atoms with Crippen molar-refractivity contribution in [3.63, 3.8) is 0 Å². The van der Waals surface area contributed by atoms with Gasteiger partial charge < -0.3 is 9.80 Å². The first kappa shape index (κ1) is 11.0. The van der Waals surface area contributed by atoms with Crippen LogP contribution in [0.1, 0.15) is 26.2 Å². The Hall–Kier alpha value is -0.0800. The fourth-order valence-corrected chi connectivity index (χ4v) is 4.06. The Labute approximate surface area is 100.0 Å². The number of hydrogen-bond donors (Lipinski definition) is 0. The molecule has 92 valence electrons. The molecule has 0 aromatic heterocycles. The average Bonchev–Trinajstić information content (AvgIpc) is 2.28. The zero-order valence-electron chi connectivity index (χ0n) is 10.9. The van der Waals surface area contributed by atoms with Gasteiger partial charge in [0.05, 0.1) is 0 Å². The van der Waals surface area contributed by atoms with Crippen LogP contribution in [0.5, 0.6) is 0 Å². The highest BCUT2D eigenvalue weighted by Gasteiger charge is 2.45. The molecule has 0 aromatic rings. The van der Waals surface area contributed by atoms with Gasteiger partial charge in [-0.25, -0.2) is 0 Å². The van der Waals surface area contributed by atoms with Gasteiger partial charge in [-0.2, -0.15) is 0 Å². The Morgan fingerprint density at radius 3 is 2.31 bits per heavy atom. The number of hydrogen-bond acceptors (Lipinski definition) is 2. The third kappa shape index (κ3) is 2.02. The minimum atomic E-state index is 0.975. The van der Waals surface area contributed by atoms with Crippen molar-refractivity contribution < 1.29 is 0 Å². The van der Waals surface area contributed by atoms with Crippen LogP contribution in [0.15, 0.2) is 0 Å². The van der Waals surface area contributed by atoms with E-state index in [0.29, 0.717) is 0 Å². The van der Waals surface area contributed by atoms with Crippen molar-refractivity contribution in [2.45, 2.75) is 26.2 Å². The van der Waals surface area contributed by atoms with Crippen LogP contribution >= 0.6 is 0 Å². The van der Waals surface area contributed by atoms with Gasteiger partial charge in [0.1, 0.15) is 0 Å². The summed E-state index contributed by atoms with van der Waals surface area (Å²) in [4.78, 5) is 5.28. The van der Waals surface area contributed by atoms with Crippen LogP contribution in [-0.4, -0.2) is 49.6 Å². The van der Waals surface area contributed by atoms with Gasteiger partial charge in [-0.3, -0.25) is 0 Å². The van der Waals surface area contributed by atoms with Gasteiger partial charge >= 0.3 is 0 Å². The average molecular weight is 222 g/mol. The largest absolute Gasteiger partial charge is 0.306 e. The molecule has 1 aliphatic carbocycles. The number of piperidine rings is 3. The zero-order valence-corrected chi connectivity index (χ0v) is 10.9. The van der Waals surface area contributed by atoms with E-state index in [1.807, 2.05) is 0 Å².